The third-order valence-corrected chi connectivity index (χ3v) is 3.83. The molecular weight excluding hydrogens is 264 g/mol. The van der Waals surface area contributed by atoms with Crippen molar-refractivity contribution in [3.63, 3.8) is 0 Å². The Hall–Kier alpha value is -1.81. The summed E-state index contributed by atoms with van der Waals surface area (Å²) in [5.41, 5.74) is 9.27. The molecule has 0 fully saturated rings. The van der Waals surface area contributed by atoms with Crippen molar-refractivity contribution in [2.24, 2.45) is 5.73 Å². The predicted molar refractivity (Wildman–Crippen MR) is 85.4 cm³/mol. The summed E-state index contributed by atoms with van der Waals surface area (Å²) >= 11 is 0. The highest BCUT2D eigenvalue weighted by molar-refractivity contribution is 5.86. The van der Waals surface area contributed by atoms with Crippen molar-refractivity contribution < 1.29 is 9.53 Å². The fraction of sp³-hybridized carbons (Fsp3) is 0.471. The van der Waals surface area contributed by atoms with Crippen LogP contribution in [0.1, 0.15) is 37.3 Å². The quantitative estimate of drug-likeness (QED) is 0.832. The third-order valence-electron chi connectivity index (χ3n) is 3.83. The second kappa shape index (κ2) is 6.76. The van der Waals surface area contributed by atoms with E-state index in [-0.39, 0.29) is 12.5 Å². The number of hydrogen-bond donors (Lipinski definition) is 1. The first-order valence-corrected chi connectivity index (χ1v) is 7.45. The summed E-state index contributed by atoms with van der Waals surface area (Å²) in [5, 5.41) is 1.22. The smallest absolute Gasteiger partial charge is 0.325 e. The number of aryl methyl sites for hydroxylation is 1. The molecule has 0 saturated heterocycles. The summed E-state index contributed by atoms with van der Waals surface area (Å²) in [7, 11) is 1.42. The molecule has 0 aliphatic carbocycles. The highest BCUT2D eigenvalue weighted by atomic mass is 16.5. The molecule has 0 bridgehead atoms. The Balaban J connectivity index is 2.47. The molecule has 2 rings (SSSR count). The van der Waals surface area contributed by atoms with Crippen LogP contribution in [-0.4, -0.2) is 24.2 Å². The Morgan fingerprint density at radius 1 is 1.38 bits per heavy atom. The number of rotatable bonds is 6. The molecule has 0 spiro atoms. The Bertz CT molecular complexity index is 629. The Kier molecular flexibility index (Phi) is 5.02. The number of fused-ring (bicyclic) bond motifs is 1. The molecule has 2 N–H and O–H groups in total. The second-order valence-electron chi connectivity index (χ2n) is 5.68. The molecule has 21 heavy (non-hydrogen) atoms. The number of nitrogens with two attached hydrogens (primary N) is 1. The van der Waals surface area contributed by atoms with Gasteiger partial charge in [-0.15, -0.1) is 0 Å². The second-order valence-corrected chi connectivity index (χ2v) is 5.68. The van der Waals surface area contributed by atoms with Crippen molar-refractivity contribution in [3.05, 3.63) is 35.5 Å². The molecule has 4 nitrogen and oxygen atoms in total. The fourth-order valence-corrected chi connectivity index (χ4v) is 2.57. The van der Waals surface area contributed by atoms with Gasteiger partial charge in [-0.2, -0.15) is 0 Å². The van der Waals surface area contributed by atoms with Crippen LogP contribution in [0.15, 0.2) is 24.4 Å². The van der Waals surface area contributed by atoms with E-state index in [1.165, 1.54) is 23.6 Å². The molecule has 4 heteroatoms. The average molecular weight is 288 g/mol. The van der Waals surface area contributed by atoms with Gasteiger partial charge in [0, 0.05) is 17.1 Å². The number of carbonyl (C=O) groups excluding carboxylic acids is 1. The highest BCUT2D eigenvalue weighted by Gasteiger charge is 2.12. The van der Waals surface area contributed by atoms with E-state index in [1.54, 1.807) is 0 Å². The Morgan fingerprint density at radius 2 is 2.14 bits per heavy atom. The minimum atomic E-state index is -0.231. The molecular formula is C17H24N2O2. The van der Waals surface area contributed by atoms with Crippen LogP contribution in [0.2, 0.25) is 0 Å². The number of esters is 1. The van der Waals surface area contributed by atoms with Crippen LogP contribution in [0, 0.1) is 0 Å². The van der Waals surface area contributed by atoms with Gasteiger partial charge >= 0.3 is 5.97 Å². The first-order valence-electron chi connectivity index (χ1n) is 7.45. The van der Waals surface area contributed by atoms with Crippen LogP contribution in [0.5, 0.6) is 0 Å². The van der Waals surface area contributed by atoms with Crippen molar-refractivity contribution in [1.82, 2.24) is 4.57 Å². The molecule has 1 heterocycles. The summed E-state index contributed by atoms with van der Waals surface area (Å²) in [6.45, 7) is 5.29. The number of nitrogens with zero attached hydrogens (tertiary/aromatic N) is 1. The van der Waals surface area contributed by atoms with Gasteiger partial charge in [0.25, 0.3) is 0 Å². The van der Waals surface area contributed by atoms with E-state index < -0.39 is 0 Å². The molecule has 0 aliphatic heterocycles. The van der Waals surface area contributed by atoms with Gasteiger partial charge in [0.15, 0.2) is 0 Å². The molecule has 1 aromatic heterocycles. The van der Waals surface area contributed by atoms with Crippen LogP contribution in [0.4, 0.5) is 0 Å². The lowest BCUT2D eigenvalue weighted by molar-refractivity contribution is -0.141. The van der Waals surface area contributed by atoms with Crippen molar-refractivity contribution in [2.45, 2.75) is 39.2 Å². The van der Waals surface area contributed by atoms with Crippen LogP contribution in [0.3, 0.4) is 0 Å². The molecule has 0 radical (unpaired) electrons. The van der Waals surface area contributed by atoms with Gasteiger partial charge in [-0.05, 0) is 48.6 Å². The Morgan fingerprint density at radius 3 is 2.76 bits per heavy atom. The van der Waals surface area contributed by atoms with E-state index in [0.717, 1.165) is 18.4 Å². The van der Waals surface area contributed by atoms with Crippen molar-refractivity contribution in [1.29, 1.82) is 0 Å². The van der Waals surface area contributed by atoms with Gasteiger partial charge in [0.2, 0.25) is 0 Å². The number of methoxy groups -OCH3 is 1. The highest BCUT2D eigenvalue weighted by Crippen LogP contribution is 2.27. The van der Waals surface area contributed by atoms with E-state index in [1.807, 2.05) is 4.57 Å². The van der Waals surface area contributed by atoms with E-state index in [4.69, 9.17) is 10.5 Å². The molecule has 0 saturated carbocycles. The van der Waals surface area contributed by atoms with E-state index in [9.17, 15) is 4.79 Å². The summed E-state index contributed by atoms with van der Waals surface area (Å²) < 4.78 is 6.75. The fourth-order valence-electron chi connectivity index (χ4n) is 2.57. The molecule has 0 unspecified atom stereocenters. The molecule has 2 aromatic rings. The number of hydrogen-bond acceptors (Lipinski definition) is 3. The molecule has 0 aliphatic rings. The maximum atomic E-state index is 11.6. The summed E-state index contributed by atoms with van der Waals surface area (Å²) in [6.07, 6.45) is 3.94. The lowest BCUT2D eigenvalue weighted by Gasteiger charge is -2.07. The molecule has 0 atom stereocenters. The lowest BCUT2D eigenvalue weighted by atomic mass is 9.99. The Labute approximate surface area is 125 Å². The topological polar surface area (TPSA) is 57.2 Å². The average Bonchev–Trinajstić information content (AvgIpc) is 2.82. The maximum Gasteiger partial charge on any atom is 0.325 e. The molecule has 114 valence electrons. The van der Waals surface area contributed by atoms with E-state index in [2.05, 4.69) is 38.2 Å². The predicted octanol–water partition coefficient (Wildman–Crippen LogP) is 2.83. The number of benzene rings is 1. The van der Waals surface area contributed by atoms with Crippen molar-refractivity contribution >= 4 is 16.9 Å². The standard InChI is InChI=1S/C17H24N2O2/c1-12(2)13-6-7-16-15(9-13)14(5-4-8-18)10-19(16)11-17(20)21-3/h6-7,9-10,12H,4-5,8,11,18H2,1-3H3. The summed E-state index contributed by atoms with van der Waals surface area (Å²) in [6, 6.07) is 6.46. The number of carbonyl (C=O) groups is 1. The SMILES string of the molecule is COC(=O)Cn1cc(CCCN)c2cc(C(C)C)ccc21. The van der Waals surface area contributed by atoms with Crippen molar-refractivity contribution in [3.8, 4) is 0 Å². The van der Waals surface area contributed by atoms with Gasteiger partial charge in [-0.3, -0.25) is 4.79 Å². The zero-order valence-electron chi connectivity index (χ0n) is 13.1. The number of aromatic nitrogens is 1. The van der Waals surface area contributed by atoms with Crippen molar-refractivity contribution in [2.75, 3.05) is 13.7 Å². The van der Waals surface area contributed by atoms with Gasteiger partial charge in [0.1, 0.15) is 6.54 Å². The third kappa shape index (κ3) is 3.45. The minimum Gasteiger partial charge on any atom is -0.468 e. The van der Waals surface area contributed by atoms with Crippen LogP contribution >= 0.6 is 0 Å². The van der Waals surface area contributed by atoms with Crippen LogP contribution < -0.4 is 5.73 Å². The minimum absolute atomic E-state index is 0.231. The number of ether oxygens (including phenoxy) is 1. The first-order chi connectivity index (χ1) is 10.1. The largest absolute Gasteiger partial charge is 0.468 e. The normalized spacial score (nSPS) is 11.3. The van der Waals surface area contributed by atoms with E-state index >= 15 is 0 Å². The lowest BCUT2D eigenvalue weighted by Crippen LogP contribution is -2.10. The van der Waals surface area contributed by atoms with Gasteiger partial charge < -0.3 is 15.0 Å². The van der Waals surface area contributed by atoms with Crippen LogP contribution in [0.25, 0.3) is 10.9 Å². The van der Waals surface area contributed by atoms with E-state index in [0.29, 0.717) is 12.5 Å². The van der Waals surface area contributed by atoms with Gasteiger partial charge in [-0.25, -0.2) is 0 Å². The first kappa shape index (κ1) is 15.6. The van der Waals surface area contributed by atoms with Crippen LogP contribution in [-0.2, 0) is 22.5 Å². The van der Waals surface area contributed by atoms with Gasteiger partial charge in [0.05, 0.1) is 7.11 Å². The molecule has 0 amide bonds. The van der Waals surface area contributed by atoms with Gasteiger partial charge in [-0.1, -0.05) is 19.9 Å². The maximum absolute atomic E-state index is 11.6. The zero-order valence-corrected chi connectivity index (χ0v) is 13.1. The molecule has 1 aromatic carbocycles. The summed E-state index contributed by atoms with van der Waals surface area (Å²) in [5.74, 6) is 0.255. The zero-order chi connectivity index (χ0) is 15.4. The summed E-state index contributed by atoms with van der Waals surface area (Å²) in [4.78, 5) is 11.6. The monoisotopic (exact) mass is 288 g/mol.